The molecule has 0 radical (unpaired) electrons. The predicted octanol–water partition coefficient (Wildman–Crippen LogP) is 3.56. The molecule has 1 aromatic rings. The van der Waals surface area contributed by atoms with Crippen molar-refractivity contribution in [2.45, 2.75) is 20.0 Å². The Morgan fingerprint density at radius 1 is 1.30 bits per heavy atom. The molecule has 0 heterocycles. The summed E-state index contributed by atoms with van der Waals surface area (Å²) in [6.45, 7) is 4.42. The van der Waals surface area contributed by atoms with Crippen LogP contribution in [0.25, 0.3) is 0 Å². The van der Waals surface area contributed by atoms with Crippen LogP contribution >= 0.6 is 0 Å². The standard InChI is InChI=1S/C14H14F3N3/c1-3-20(9-10(2)7-18)13-5-4-12(14(15,16)17)6-11(13)8-19/h4-6,10H,3,9H2,1-2H3. The van der Waals surface area contributed by atoms with Gasteiger partial charge in [-0.3, -0.25) is 0 Å². The fourth-order valence-corrected chi connectivity index (χ4v) is 1.85. The van der Waals surface area contributed by atoms with Gasteiger partial charge >= 0.3 is 6.18 Å². The topological polar surface area (TPSA) is 50.8 Å². The van der Waals surface area contributed by atoms with Gasteiger partial charge in [0.15, 0.2) is 0 Å². The van der Waals surface area contributed by atoms with Crippen LogP contribution in [0, 0.1) is 28.6 Å². The van der Waals surface area contributed by atoms with Crippen molar-refractivity contribution in [1.29, 1.82) is 10.5 Å². The molecule has 0 amide bonds. The third-order valence-corrected chi connectivity index (χ3v) is 2.88. The Kier molecular flexibility index (Phi) is 4.99. The number of benzene rings is 1. The van der Waals surface area contributed by atoms with Crippen LogP contribution < -0.4 is 4.90 Å². The molecule has 1 aromatic carbocycles. The molecule has 1 atom stereocenters. The van der Waals surface area contributed by atoms with Crippen molar-refractivity contribution in [3.05, 3.63) is 29.3 Å². The number of anilines is 1. The second-order valence-corrected chi connectivity index (χ2v) is 4.41. The van der Waals surface area contributed by atoms with Crippen molar-refractivity contribution in [3.8, 4) is 12.1 Å². The van der Waals surface area contributed by atoms with Crippen LogP contribution in [0.15, 0.2) is 18.2 Å². The number of nitrogens with zero attached hydrogens (tertiary/aromatic N) is 3. The lowest BCUT2D eigenvalue weighted by molar-refractivity contribution is -0.137. The van der Waals surface area contributed by atoms with E-state index in [0.717, 1.165) is 12.1 Å². The first-order valence-corrected chi connectivity index (χ1v) is 6.09. The minimum Gasteiger partial charge on any atom is -0.369 e. The molecule has 106 valence electrons. The molecule has 1 unspecified atom stereocenters. The first-order chi connectivity index (χ1) is 9.33. The van der Waals surface area contributed by atoms with E-state index >= 15 is 0 Å². The van der Waals surface area contributed by atoms with Crippen LogP contribution in [0.4, 0.5) is 18.9 Å². The molecule has 0 bridgehead atoms. The number of hydrogen-bond acceptors (Lipinski definition) is 3. The van der Waals surface area contributed by atoms with Gasteiger partial charge in [-0.05, 0) is 32.0 Å². The summed E-state index contributed by atoms with van der Waals surface area (Å²) in [4.78, 5) is 1.73. The highest BCUT2D eigenvalue weighted by Crippen LogP contribution is 2.32. The molecule has 0 aliphatic rings. The molecule has 20 heavy (non-hydrogen) atoms. The van der Waals surface area contributed by atoms with Gasteiger partial charge in [0.25, 0.3) is 0 Å². The second-order valence-electron chi connectivity index (χ2n) is 4.41. The van der Waals surface area contributed by atoms with E-state index in [-0.39, 0.29) is 11.5 Å². The zero-order valence-corrected chi connectivity index (χ0v) is 11.2. The summed E-state index contributed by atoms with van der Waals surface area (Å²) in [6.07, 6.45) is -4.47. The highest BCUT2D eigenvalue weighted by atomic mass is 19.4. The molecule has 1 rings (SSSR count). The van der Waals surface area contributed by atoms with Crippen LogP contribution in [0.2, 0.25) is 0 Å². The van der Waals surface area contributed by atoms with E-state index in [1.54, 1.807) is 17.9 Å². The van der Waals surface area contributed by atoms with E-state index in [1.807, 2.05) is 6.92 Å². The van der Waals surface area contributed by atoms with E-state index in [1.165, 1.54) is 6.07 Å². The van der Waals surface area contributed by atoms with Gasteiger partial charge < -0.3 is 4.90 Å². The van der Waals surface area contributed by atoms with E-state index in [9.17, 15) is 13.2 Å². The van der Waals surface area contributed by atoms with Crippen molar-refractivity contribution in [1.82, 2.24) is 0 Å². The Bertz CT molecular complexity index is 552. The summed E-state index contributed by atoms with van der Waals surface area (Å²) in [7, 11) is 0. The monoisotopic (exact) mass is 281 g/mol. The summed E-state index contributed by atoms with van der Waals surface area (Å²) in [5.41, 5.74) is -0.459. The van der Waals surface area contributed by atoms with Crippen molar-refractivity contribution >= 4 is 5.69 Å². The number of alkyl halides is 3. The maximum atomic E-state index is 12.6. The Morgan fingerprint density at radius 3 is 2.40 bits per heavy atom. The average molecular weight is 281 g/mol. The summed E-state index contributed by atoms with van der Waals surface area (Å²) in [5.74, 6) is -0.274. The molecule has 0 aliphatic carbocycles. The van der Waals surface area contributed by atoms with Gasteiger partial charge in [0.2, 0.25) is 0 Å². The Labute approximate surface area is 115 Å². The van der Waals surface area contributed by atoms with Crippen LogP contribution in [-0.4, -0.2) is 13.1 Å². The third-order valence-electron chi connectivity index (χ3n) is 2.88. The number of rotatable bonds is 4. The molecule has 0 fully saturated rings. The van der Waals surface area contributed by atoms with Crippen molar-refractivity contribution < 1.29 is 13.2 Å². The quantitative estimate of drug-likeness (QED) is 0.847. The molecule has 0 spiro atoms. The van der Waals surface area contributed by atoms with Crippen LogP contribution in [0.1, 0.15) is 25.0 Å². The van der Waals surface area contributed by atoms with Crippen LogP contribution in [0.3, 0.4) is 0 Å². The predicted molar refractivity (Wildman–Crippen MR) is 68.8 cm³/mol. The number of nitriles is 2. The molecule has 0 saturated carbocycles. The molecular formula is C14H14F3N3. The third kappa shape index (κ3) is 3.64. The summed E-state index contributed by atoms with van der Waals surface area (Å²) in [5, 5.41) is 17.8. The van der Waals surface area contributed by atoms with Gasteiger partial charge in [-0.1, -0.05) is 0 Å². The highest BCUT2D eigenvalue weighted by Gasteiger charge is 2.31. The fourth-order valence-electron chi connectivity index (χ4n) is 1.85. The second kappa shape index (κ2) is 6.29. The molecule has 0 N–H and O–H groups in total. The van der Waals surface area contributed by atoms with Gasteiger partial charge in [-0.2, -0.15) is 23.7 Å². The highest BCUT2D eigenvalue weighted by molar-refractivity contribution is 5.60. The van der Waals surface area contributed by atoms with E-state index < -0.39 is 11.7 Å². The van der Waals surface area contributed by atoms with Crippen LogP contribution in [0.5, 0.6) is 0 Å². The fraction of sp³-hybridized carbons (Fsp3) is 0.429. The molecule has 0 saturated heterocycles. The van der Waals surface area contributed by atoms with Crippen molar-refractivity contribution in [3.63, 3.8) is 0 Å². The van der Waals surface area contributed by atoms with E-state index in [2.05, 4.69) is 6.07 Å². The summed E-state index contributed by atoms with van der Waals surface area (Å²) in [6, 6.07) is 6.94. The minimum absolute atomic E-state index is 0.0354. The lowest BCUT2D eigenvalue weighted by Gasteiger charge is -2.25. The summed E-state index contributed by atoms with van der Waals surface area (Å²) < 4.78 is 37.9. The smallest absolute Gasteiger partial charge is 0.369 e. The maximum absolute atomic E-state index is 12.6. The molecule has 3 nitrogen and oxygen atoms in total. The zero-order chi connectivity index (χ0) is 15.3. The van der Waals surface area contributed by atoms with Gasteiger partial charge in [0.1, 0.15) is 6.07 Å². The lowest BCUT2D eigenvalue weighted by atomic mass is 10.1. The van der Waals surface area contributed by atoms with Crippen molar-refractivity contribution in [2.75, 3.05) is 18.0 Å². The SMILES string of the molecule is CCN(CC(C)C#N)c1ccc(C(F)(F)F)cc1C#N. The Hall–Kier alpha value is -2.21. The van der Waals surface area contributed by atoms with Gasteiger partial charge in [0.05, 0.1) is 28.8 Å². The molecule has 0 aliphatic heterocycles. The first kappa shape index (κ1) is 15.8. The lowest BCUT2D eigenvalue weighted by Crippen LogP contribution is -2.28. The minimum atomic E-state index is -4.47. The van der Waals surface area contributed by atoms with Crippen LogP contribution in [-0.2, 0) is 6.18 Å². The van der Waals surface area contributed by atoms with Gasteiger partial charge in [0, 0.05) is 13.1 Å². The average Bonchev–Trinajstić information content (AvgIpc) is 2.42. The zero-order valence-electron chi connectivity index (χ0n) is 11.2. The largest absolute Gasteiger partial charge is 0.416 e. The summed E-state index contributed by atoms with van der Waals surface area (Å²) >= 11 is 0. The Balaban J connectivity index is 3.18. The van der Waals surface area contributed by atoms with E-state index in [4.69, 9.17) is 10.5 Å². The Morgan fingerprint density at radius 2 is 1.95 bits per heavy atom. The van der Waals surface area contributed by atoms with Crippen molar-refractivity contribution in [2.24, 2.45) is 5.92 Å². The molecular weight excluding hydrogens is 267 g/mol. The normalized spacial score (nSPS) is 12.3. The number of halogens is 3. The molecule has 6 heteroatoms. The molecule has 0 aromatic heterocycles. The number of hydrogen-bond donors (Lipinski definition) is 0. The van der Waals surface area contributed by atoms with Gasteiger partial charge in [-0.25, -0.2) is 0 Å². The first-order valence-electron chi connectivity index (χ1n) is 6.09. The maximum Gasteiger partial charge on any atom is 0.416 e. The van der Waals surface area contributed by atoms with E-state index in [0.29, 0.717) is 18.8 Å². The van der Waals surface area contributed by atoms with Gasteiger partial charge in [-0.15, -0.1) is 0 Å².